The summed E-state index contributed by atoms with van der Waals surface area (Å²) >= 11 is 5.75. The number of rotatable bonds is 4. The van der Waals surface area contributed by atoms with Gasteiger partial charge in [0.05, 0.1) is 17.9 Å². The Labute approximate surface area is 112 Å². The van der Waals surface area contributed by atoms with Crippen molar-refractivity contribution in [2.24, 2.45) is 0 Å². The molecule has 1 saturated heterocycles. The highest BCUT2D eigenvalue weighted by atomic mass is 35.5. The molecule has 1 fully saturated rings. The average Bonchev–Trinajstić information content (AvgIpc) is 2.47. The number of halogens is 1. The maximum absolute atomic E-state index is 12.2. The van der Waals surface area contributed by atoms with E-state index in [9.17, 15) is 4.79 Å². The fourth-order valence-corrected chi connectivity index (χ4v) is 2.76. The van der Waals surface area contributed by atoms with Crippen molar-refractivity contribution >= 4 is 17.4 Å². The molecule has 0 atom stereocenters. The molecule has 0 aliphatic carbocycles. The number of ether oxygens (including phenoxy) is 1. The number of carbonyl (C=O) groups excluding carboxylic acids is 1. The van der Waals surface area contributed by atoms with Gasteiger partial charge < -0.3 is 9.84 Å². The molecule has 0 aromatic heterocycles. The zero-order valence-corrected chi connectivity index (χ0v) is 10.9. The normalized spacial score (nSPS) is 18.6. The average molecular weight is 269 g/mol. The van der Waals surface area contributed by atoms with Gasteiger partial charge in [-0.15, -0.1) is 11.6 Å². The quantitative estimate of drug-likeness (QED) is 0.850. The van der Waals surface area contributed by atoms with Gasteiger partial charge in [-0.2, -0.15) is 0 Å². The molecule has 1 aliphatic rings. The van der Waals surface area contributed by atoms with E-state index in [1.165, 1.54) is 0 Å². The lowest BCUT2D eigenvalue weighted by Gasteiger charge is -2.36. The standard InChI is InChI=1S/C14H17ClO3/c15-9-13(17)14(5-7-18-8-6-14)12-3-1-11(10-16)2-4-12/h1-4,16H,5-10H2. The first-order chi connectivity index (χ1) is 8.73. The van der Waals surface area contributed by atoms with Crippen LogP contribution in [0.25, 0.3) is 0 Å². The first-order valence-corrected chi connectivity index (χ1v) is 6.64. The minimum Gasteiger partial charge on any atom is -0.392 e. The predicted octanol–water partition coefficient (Wildman–Crippen LogP) is 2.04. The van der Waals surface area contributed by atoms with Gasteiger partial charge in [0.2, 0.25) is 0 Å². The van der Waals surface area contributed by atoms with Crippen LogP contribution < -0.4 is 0 Å². The summed E-state index contributed by atoms with van der Waals surface area (Å²) in [5, 5.41) is 9.05. The van der Waals surface area contributed by atoms with Gasteiger partial charge >= 0.3 is 0 Å². The van der Waals surface area contributed by atoms with E-state index in [0.29, 0.717) is 26.1 Å². The zero-order valence-electron chi connectivity index (χ0n) is 10.2. The molecule has 3 nitrogen and oxygen atoms in total. The van der Waals surface area contributed by atoms with Crippen LogP contribution in [0.3, 0.4) is 0 Å². The smallest absolute Gasteiger partial charge is 0.158 e. The van der Waals surface area contributed by atoms with Crippen molar-refractivity contribution in [3.63, 3.8) is 0 Å². The number of benzene rings is 1. The molecule has 1 aliphatic heterocycles. The van der Waals surface area contributed by atoms with Crippen molar-refractivity contribution in [3.8, 4) is 0 Å². The number of alkyl halides is 1. The number of ketones is 1. The van der Waals surface area contributed by atoms with Crippen LogP contribution in [-0.2, 0) is 21.6 Å². The fraction of sp³-hybridized carbons (Fsp3) is 0.500. The molecule has 0 spiro atoms. The molecule has 1 N–H and O–H groups in total. The first-order valence-electron chi connectivity index (χ1n) is 6.10. The molecule has 0 radical (unpaired) electrons. The molecule has 18 heavy (non-hydrogen) atoms. The van der Waals surface area contributed by atoms with Crippen LogP contribution in [0.5, 0.6) is 0 Å². The van der Waals surface area contributed by atoms with Gasteiger partial charge in [-0.25, -0.2) is 0 Å². The summed E-state index contributed by atoms with van der Waals surface area (Å²) in [5.41, 5.74) is 1.32. The molecule has 0 unspecified atom stereocenters. The number of hydrogen-bond acceptors (Lipinski definition) is 3. The second-order valence-electron chi connectivity index (χ2n) is 4.61. The molecule has 98 valence electrons. The SMILES string of the molecule is O=C(CCl)C1(c2ccc(CO)cc2)CCOCC1. The van der Waals surface area contributed by atoms with E-state index in [1.54, 1.807) is 0 Å². The van der Waals surface area contributed by atoms with Crippen molar-refractivity contribution in [2.75, 3.05) is 19.1 Å². The van der Waals surface area contributed by atoms with Gasteiger partial charge in [0, 0.05) is 13.2 Å². The van der Waals surface area contributed by atoms with Gasteiger partial charge in [0.15, 0.2) is 5.78 Å². The van der Waals surface area contributed by atoms with Crippen LogP contribution >= 0.6 is 11.6 Å². The number of Topliss-reactive ketones (excluding diaryl/α,β-unsaturated/α-hetero) is 1. The summed E-state index contributed by atoms with van der Waals surface area (Å²) < 4.78 is 5.35. The summed E-state index contributed by atoms with van der Waals surface area (Å²) in [6, 6.07) is 7.55. The van der Waals surface area contributed by atoms with E-state index in [0.717, 1.165) is 11.1 Å². The molecule has 1 heterocycles. The van der Waals surface area contributed by atoms with Crippen molar-refractivity contribution in [1.29, 1.82) is 0 Å². The van der Waals surface area contributed by atoms with E-state index in [2.05, 4.69) is 0 Å². The lowest BCUT2D eigenvalue weighted by Crippen LogP contribution is -2.42. The Bertz CT molecular complexity index is 408. The summed E-state index contributed by atoms with van der Waals surface area (Å²) in [5.74, 6) is 0.0890. The monoisotopic (exact) mass is 268 g/mol. The van der Waals surface area contributed by atoms with Gasteiger partial charge in [-0.3, -0.25) is 4.79 Å². The summed E-state index contributed by atoms with van der Waals surface area (Å²) in [7, 11) is 0. The molecular formula is C14H17ClO3. The minimum atomic E-state index is -0.506. The van der Waals surface area contributed by atoms with E-state index >= 15 is 0 Å². The van der Waals surface area contributed by atoms with Crippen LogP contribution in [0.4, 0.5) is 0 Å². The Morgan fingerprint density at radius 1 is 1.28 bits per heavy atom. The van der Waals surface area contributed by atoms with Gasteiger partial charge in [-0.1, -0.05) is 24.3 Å². The van der Waals surface area contributed by atoms with Gasteiger partial charge in [0.1, 0.15) is 0 Å². The Morgan fingerprint density at radius 2 is 1.89 bits per heavy atom. The maximum atomic E-state index is 12.2. The molecule has 0 bridgehead atoms. The van der Waals surface area contributed by atoms with E-state index in [-0.39, 0.29) is 18.3 Å². The van der Waals surface area contributed by atoms with Gasteiger partial charge in [-0.05, 0) is 24.0 Å². The molecule has 2 rings (SSSR count). The van der Waals surface area contributed by atoms with Gasteiger partial charge in [0.25, 0.3) is 0 Å². The zero-order chi connectivity index (χ0) is 13.0. The van der Waals surface area contributed by atoms with E-state index in [4.69, 9.17) is 21.4 Å². The number of aliphatic hydroxyl groups excluding tert-OH is 1. The lowest BCUT2D eigenvalue weighted by molar-refractivity contribution is -0.125. The topological polar surface area (TPSA) is 46.5 Å². The van der Waals surface area contributed by atoms with Crippen LogP contribution in [0.15, 0.2) is 24.3 Å². The van der Waals surface area contributed by atoms with Crippen LogP contribution in [0.1, 0.15) is 24.0 Å². The number of carbonyl (C=O) groups is 1. The fourth-order valence-electron chi connectivity index (χ4n) is 2.51. The molecule has 1 aromatic carbocycles. The van der Waals surface area contributed by atoms with Crippen LogP contribution in [-0.4, -0.2) is 30.0 Å². The van der Waals surface area contributed by atoms with Crippen LogP contribution in [0, 0.1) is 0 Å². The largest absolute Gasteiger partial charge is 0.392 e. The third-order valence-electron chi connectivity index (χ3n) is 3.69. The van der Waals surface area contributed by atoms with E-state index in [1.807, 2.05) is 24.3 Å². The Kier molecular flexibility index (Phi) is 4.38. The summed E-state index contributed by atoms with van der Waals surface area (Å²) in [4.78, 5) is 12.2. The Balaban J connectivity index is 2.35. The molecule has 4 heteroatoms. The van der Waals surface area contributed by atoms with Crippen molar-refractivity contribution < 1.29 is 14.6 Å². The number of aliphatic hydroxyl groups is 1. The van der Waals surface area contributed by atoms with Crippen molar-refractivity contribution in [1.82, 2.24) is 0 Å². The molecule has 0 saturated carbocycles. The highest BCUT2D eigenvalue weighted by Gasteiger charge is 2.40. The Hall–Kier alpha value is -0.900. The minimum absolute atomic E-state index is 0.0137. The summed E-state index contributed by atoms with van der Waals surface area (Å²) in [6.07, 6.45) is 1.36. The molecular weight excluding hydrogens is 252 g/mol. The molecule has 0 amide bonds. The first kappa shape index (κ1) is 13.5. The highest BCUT2D eigenvalue weighted by molar-refractivity contribution is 6.29. The summed E-state index contributed by atoms with van der Waals surface area (Å²) in [6.45, 7) is 1.19. The second kappa shape index (κ2) is 5.83. The van der Waals surface area contributed by atoms with E-state index < -0.39 is 5.41 Å². The van der Waals surface area contributed by atoms with Crippen molar-refractivity contribution in [2.45, 2.75) is 24.9 Å². The Morgan fingerprint density at radius 3 is 2.39 bits per heavy atom. The lowest BCUT2D eigenvalue weighted by atomic mass is 9.71. The molecule has 1 aromatic rings. The van der Waals surface area contributed by atoms with Crippen molar-refractivity contribution in [3.05, 3.63) is 35.4 Å². The second-order valence-corrected chi connectivity index (χ2v) is 4.87. The third-order valence-corrected chi connectivity index (χ3v) is 3.93. The third kappa shape index (κ3) is 2.44. The highest BCUT2D eigenvalue weighted by Crippen LogP contribution is 2.36. The van der Waals surface area contributed by atoms with Crippen LogP contribution in [0.2, 0.25) is 0 Å². The maximum Gasteiger partial charge on any atom is 0.158 e. The predicted molar refractivity (Wildman–Crippen MR) is 69.8 cm³/mol. The number of hydrogen-bond donors (Lipinski definition) is 1.